The van der Waals surface area contributed by atoms with Gasteiger partial charge in [-0.2, -0.15) is 0 Å². The van der Waals surface area contributed by atoms with Crippen LogP contribution in [0.1, 0.15) is 12.0 Å². The molecular weight excluding hydrogens is 226 g/mol. The van der Waals surface area contributed by atoms with E-state index >= 15 is 0 Å². The van der Waals surface area contributed by atoms with E-state index in [1.807, 2.05) is 42.5 Å². The highest BCUT2D eigenvalue weighted by Crippen LogP contribution is 2.05. The zero-order chi connectivity index (χ0) is 12.6. The number of hydrogen-bond donors (Lipinski definition) is 1. The predicted molar refractivity (Wildman–Crippen MR) is 73.4 cm³/mol. The zero-order valence-corrected chi connectivity index (χ0v) is 10.7. The number of rotatable bonds is 5. The molecule has 1 unspecified atom stereocenters. The summed E-state index contributed by atoms with van der Waals surface area (Å²) < 4.78 is 5.29. The molecule has 1 aromatic carbocycles. The predicted octanol–water partition coefficient (Wildman–Crippen LogP) is 1.78. The molecule has 0 radical (unpaired) electrons. The molecule has 1 saturated heterocycles. The van der Waals surface area contributed by atoms with Crippen molar-refractivity contribution in [1.82, 2.24) is 4.90 Å². The Balaban J connectivity index is 1.71. The number of benzene rings is 1. The van der Waals surface area contributed by atoms with Gasteiger partial charge in [-0.3, -0.25) is 4.90 Å². The van der Waals surface area contributed by atoms with Crippen molar-refractivity contribution in [3.05, 3.63) is 42.0 Å². The molecular formula is C15H21NO2. The molecule has 0 amide bonds. The fraction of sp³-hybridized carbons (Fsp3) is 0.467. The summed E-state index contributed by atoms with van der Waals surface area (Å²) in [6, 6.07) is 10.1. The monoisotopic (exact) mass is 247 g/mol. The van der Waals surface area contributed by atoms with Crippen LogP contribution < -0.4 is 0 Å². The first-order valence-corrected chi connectivity index (χ1v) is 6.56. The number of nitrogens with zero attached hydrogens (tertiary/aromatic N) is 1. The van der Waals surface area contributed by atoms with Crippen LogP contribution in [0.2, 0.25) is 0 Å². The van der Waals surface area contributed by atoms with Crippen molar-refractivity contribution < 1.29 is 9.84 Å². The lowest BCUT2D eigenvalue weighted by atomic mass is 10.1. The first kappa shape index (κ1) is 13.3. The fourth-order valence-electron chi connectivity index (χ4n) is 2.02. The van der Waals surface area contributed by atoms with Crippen LogP contribution >= 0.6 is 0 Å². The van der Waals surface area contributed by atoms with Crippen LogP contribution in [0.5, 0.6) is 0 Å². The second-order valence-electron chi connectivity index (χ2n) is 4.58. The first-order valence-electron chi connectivity index (χ1n) is 6.56. The van der Waals surface area contributed by atoms with E-state index in [1.54, 1.807) is 0 Å². The van der Waals surface area contributed by atoms with E-state index < -0.39 is 0 Å². The molecule has 0 spiro atoms. The van der Waals surface area contributed by atoms with Crippen LogP contribution in [0.25, 0.3) is 6.08 Å². The van der Waals surface area contributed by atoms with Crippen LogP contribution in [0.15, 0.2) is 36.4 Å². The molecule has 1 aliphatic heterocycles. The minimum absolute atomic E-state index is 0.368. The first-order chi connectivity index (χ1) is 8.84. The van der Waals surface area contributed by atoms with Gasteiger partial charge in [0.15, 0.2) is 0 Å². The summed E-state index contributed by atoms with van der Waals surface area (Å²) in [5.41, 5.74) is 1.13. The van der Waals surface area contributed by atoms with E-state index in [9.17, 15) is 5.11 Å². The van der Waals surface area contributed by atoms with Crippen molar-refractivity contribution in [2.75, 3.05) is 32.8 Å². The van der Waals surface area contributed by atoms with Crippen molar-refractivity contribution in [1.29, 1.82) is 0 Å². The summed E-state index contributed by atoms with van der Waals surface area (Å²) in [6.07, 6.45) is 4.26. The lowest BCUT2D eigenvalue weighted by Crippen LogP contribution is -2.37. The van der Waals surface area contributed by atoms with Crippen LogP contribution in [-0.2, 0) is 4.74 Å². The fourth-order valence-corrected chi connectivity index (χ4v) is 2.02. The second kappa shape index (κ2) is 7.31. The zero-order valence-electron chi connectivity index (χ0n) is 10.7. The number of aliphatic hydroxyl groups is 1. The molecule has 1 aliphatic rings. The van der Waals surface area contributed by atoms with Crippen molar-refractivity contribution >= 4 is 6.08 Å². The molecule has 0 aromatic heterocycles. The largest absolute Gasteiger partial charge is 0.389 e. The van der Waals surface area contributed by atoms with E-state index in [0.29, 0.717) is 0 Å². The highest BCUT2D eigenvalue weighted by Gasteiger charge is 2.10. The molecule has 1 fully saturated rings. The van der Waals surface area contributed by atoms with Gasteiger partial charge in [0.1, 0.15) is 0 Å². The number of ether oxygens (including phenoxy) is 1. The van der Waals surface area contributed by atoms with Gasteiger partial charge in [-0.15, -0.1) is 0 Å². The van der Waals surface area contributed by atoms with Gasteiger partial charge in [-0.25, -0.2) is 0 Å². The maximum Gasteiger partial charge on any atom is 0.0736 e. The lowest BCUT2D eigenvalue weighted by Gasteiger charge is -2.26. The molecule has 18 heavy (non-hydrogen) atoms. The minimum Gasteiger partial charge on any atom is -0.389 e. The van der Waals surface area contributed by atoms with Crippen LogP contribution in [0.3, 0.4) is 0 Å². The molecule has 98 valence electrons. The molecule has 0 aliphatic carbocycles. The molecule has 1 heterocycles. The van der Waals surface area contributed by atoms with Gasteiger partial charge in [0.05, 0.1) is 19.3 Å². The Morgan fingerprint density at radius 1 is 1.22 bits per heavy atom. The van der Waals surface area contributed by atoms with E-state index in [2.05, 4.69) is 4.90 Å². The normalized spacial score (nSPS) is 19.2. The van der Waals surface area contributed by atoms with Crippen LogP contribution in [0, 0.1) is 0 Å². The number of aliphatic hydroxyl groups excluding tert-OH is 1. The average molecular weight is 247 g/mol. The highest BCUT2D eigenvalue weighted by atomic mass is 16.5. The molecule has 2 rings (SSSR count). The van der Waals surface area contributed by atoms with Crippen molar-refractivity contribution in [3.63, 3.8) is 0 Å². The summed E-state index contributed by atoms with van der Waals surface area (Å²) in [7, 11) is 0. The quantitative estimate of drug-likeness (QED) is 0.861. The van der Waals surface area contributed by atoms with Crippen molar-refractivity contribution in [2.45, 2.75) is 12.5 Å². The molecule has 3 heteroatoms. The Labute approximate surface area is 109 Å². The second-order valence-corrected chi connectivity index (χ2v) is 4.58. The topological polar surface area (TPSA) is 32.7 Å². The lowest BCUT2D eigenvalue weighted by molar-refractivity contribution is 0.0328. The Morgan fingerprint density at radius 3 is 2.67 bits per heavy atom. The van der Waals surface area contributed by atoms with Gasteiger partial charge < -0.3 is 9.84 Å². The van der Waals surface area contributed by atoms with E-state index in [0.717, 1.165) is 44.8 Å². The van der Waals surface area contributed by atoms with Gasteiger partial charge in [0, 0.05) is 19.6 Å². The summed E-state index contributed by atoms with van der Waals surface area (Å²) >= 11 is 0. The molecule has 3 nitrogen and oxygen atoms in total. The Hall–Kier alpha value is -1.16. The molecule has 1 N–H and O–H groups in total. The van der Waals surface area contributed by atoms with Gasteiger partial charge >= 0.3 is 0 Å². The van der Waals surface area contributed by atoms with E-state index in [1.165, 1.54) is 0 Å². The summed E-state index contributed by atoms with van der Waals surface area (Å²) in [4.78, 5) is 2.34. The van der Waals surface area contributed by atoms with Gasteiger partial charge in [-0.1, -0.05) is 42.5 Å². The third-order valence-electron chi connectivity index (χ3n) is 3.16. The molecule has 0 bridgehead atoms. The van der Waals surface area contributed by atoms with E-state index in [4.69, 9.17) is 4.74 Å². The third kappa shape index (κ3) is 4.61. The molecule has 0 saturated carbocycles. The maximum atomic E-state index is 9.90. The molecule has 1 aromatic rings. The van der Waals surface area contributed by atoms with E-state index in [-0.39, 0.29) is 6.10 Å². The number of morpholine rings is 1. The Kier molecular flexibility index (Phi) is 5.39. The molecule has 1 atom stereocenters. The maximum absolute atomic E-state index is 9.90. The SMILES string of the molecule is OC(/C=C/c1ccccc1)CCN1CCOCC1. The van der Waals surface area contributed by atoms with Crippen LogP contribution in [-0.4, -0.2) is 49.0 Å². The Morgan fingerprint density at radius 2 is 1.94 bits per heavy atom. The van der Waals surface area contributed by atoms with Crippen LogP contribution in [0.4, 0.5) is 0 Å². The van der Waals surface area contributed by atoms with Gasteiger partial charge in [-0.05, 0) is 12.0 Å². The third-order valence-corrected chi connectivity index (χ3v) is 3.16. The number of hydrogen-bond acceptors (Lipinski definition) is 3. The Bertz CT molecular complexity index is 358. The van der Waals surface area contributed by atoms with Crippen molar-refractivity contribution in [2.24, 2.45) is 0 Å². The minimum atomic E-state index is -0.368. The highest BCUT2D eigenvalue weighted by molar-refractivity contribution is 5.49. The average Bonchev–Trinajstić information content (AvgIpc) is 2.45. The summed E-state index contributed by atoms with van der Waals surface area (Å²) in [6.45, 7) is 4.53. The summed E-state index contributed by atoms with van der Waals surface area (Å²) in [5, 5.41) is 9.90. The van der Waals surface area contributed by atoms with Crippen molar-refractivity contribution in [3.8, 4) is 0 Å². The summed E-state index contributed by atoms with van der Waals surface area (Å²) in [5.74, 6) is 0. The smallest absolute Gasteiger partial charge is 0.0736 e. The van der Waals surface area contributed by atoms with Gasteiger partial charge in [0.2, 0.25) is 0 Å². The van der Waals surface area contributed by atoms with Gasteiger partial charge in [0.25, 0.3) is 0 Å². The standard InChI is InChI=1S/C15H21NO2/c17-15(7-6-14-4-2-1-3-5-14)8-9-16-10-12-18-13-11-16/h1-7,15,17H,8-13H2/b7-6+.